The number of rotatable bonds is 7. The maximum atomic E-state index is 5.70. The van der Waals surface area contributed by atoms with Crippen molar-refractivity contribution in [2.24, 2.45) is 5.73 Å². The lowest BCUT2D eigenvalue weighted by atomic mass is 10.1. The van der Waals surface area contributed by atoms with E-state index >= 15 is 0 Å². The Hall–Kier alpha value is -3.10. The summed E-state index contributed by atoms with van der Waals surface area (Å²) in [6.07, 6.45) is 6.26. The van der Waals surface area contributed by atoms with Crippen LogP contribution in [-0.4, -0.2) is 30.2 Å². The number of methoxy groups -OCH3 is 1. The maximum Gasteiger partial charge on any atom is 0.141 e. The first kappa shape index (κ1) is 17.7. The number of para-hydroxylation sites is 1. The molecule has 0 aliphatic rings. The third-order valence-electron chi connectivity index (χ3n) is 4.11. The van der Waals surface area contributed by atoms with Gasteiger partial charge in [0.2, 0.25) is 0 Å². The number of fused-ring (bicyclic) bond motifs is 1. The monoisotopic (exact) mass is 346 g/mol. The van der Waals surface area contributed by atoms with E-state index < -0.39 is 0 Å². The van der Waals surface area contributed by atoms with Crippen molar-refractivity contribution < 1.29 is 4.74 Å². The van der Waals surface area contributed by atoms with E-state index in [4.69, 9.17) is 21.9 Å². The molecule has 3 rings (SSSR count). The van der Waals surface area contributed by atoms with Crippen molar-refractivity contribution in [3.63, 3.8) is 0 Å². The summed E-state index contributed by atoms with van der Waals surface area (Å²) in [5.74, 6) is 5.14. The molecule has 132 valence electrons. The van der Waals surface area contributed by atoms with Gasteiger partial charge in [-0.3, -0.25) is 0 Å². The molecule has 26 heavy (non-hydrogen) atoms. The Kier molecular flexibility index (Phi) is 5.67. The Labute approximate surface area is 153 Å². The quantitative estimate of drug-likeness (QED) is 0.667. The lowest BCUT2D eigenvalue weighted by Gasteiger charge is -2.23. The van der Waals surface area contributed by atoms with Crippen molar-refractivity contribution in [2.75, 3.05) is 25.1 Å². The van der Waals surface area contributed by atoms with E-state index in [0.29, 0.717) is 26.1 Å². The number of nitrogens with zero attached hydrogens (tertiary/aromatic N) is 3. The molecule has 2 aromatic carbocycles. The minimum absolute atomic E-state index is 0.453. The summed E-state index contributed by atoms with van der Waals surface area (Å²) in [5, 5.41) is 0.983. The zero-order valence-corrected chi connectivity index (χ0v) is 14.9. The van der Waals surface area contributed by atoms with Crippen LogP contribution in [0.4, 0.5) is 5.82 Å². The van der Waals surface area contributed by atoms with Crippen LogP contribution in [0.2, 0.25) is 0 Å². The molecule has 0 aliphatic carbocycles. The van der Waals surface area contributed by atoms with Crippen LogP contribution in [0.3, 0.4) is 0 Å². The predicted octanol–water partition coefficient (Wildman–Crippen LogP) is 2.78. The smallest absolute Gasteiger partial charge is 0.141 e. The molecule has 0 saturated carbocycles. The van der Waals surface area contributed by atoms with Gasteiger partial charge >= 0.3 is 0 Å². The first-order valence-corrected chi connectivity index (χ1v) is 8.52. The molecule has 1 heterocycles. The second-order valence-electron chi connectivity index (χ2n) is 5.93. The molecule has 0 aliphatic heterocycles. The van der Waals surface area contributed by atoms with E-state index in [-0.39, 0.29) is 0 Å². The van der Waals surface area contributed by atoms with Gasteiger partial charge in [0.25, 0.3) is 0 Å². The van der Waals surface area contributed by atoms with Crippen molar-refractivity contribution in [3.05, 3.63) is 59.9 Å². The fraction of sp³-hybridized carbons (Fsp3) is 0.238. The Morgan fingerprint density at radius 3 is 2.58 bits per heavy atom. The number of anilines is 1. The second kappa shape index (κ2) is 8.32. The molecule has 0 saturated heterocycles. The zero-order chi connectivity index (χ0) is 18.4. The molecule has 0 atom stereocenters. The van der Waals surface area contributed by atoms with Crippen LogP contribution >= 0.6 is 0 Å². The summed E-state index contributed by atoms with van der Waals surface area (Å²) in [7, 11) is 1.66. The Morgan fingerprint density at radius 1 is 1.12 bits per heavy atom. The van der Waals surface area contributed by atoms with Crippen LogP contribution in [-0.2, 0) is 13.0 Å². The van der Waals surface area contributed by atoms with Crippen LogP contribution < -0.4 is 15.4 Å². The molecule has 5 nitrogen and oxygen atoms in total. The van der Waals surface area contributed by atoms with Gasteiger partial charge in [0, 0.05) is 18.4 Å². The van der Waals surface area contributed by atoms with E-state index in [1.54, 1.807) is 7.11 Å². The molecule has 0 fully saturated rings. The lowest BCUT2D eigenvalue weighted by molar-refractivity contribution is 0.414. The third-order valence-corrected chi connectivity index (χ3v) is 4.11. The molecule has 0 spiro atoms. The number of terminal acetylenes is 1. The molecule has 0 radical (unpaired) electrons. The highest BCUT2D eigenvalue weighted by Gasteiger charge is 2.14. The molecule has 3 aromatic rings. The molecule has 5 heteroatoms. The first-order chi connectivity index (χ1) is 12.7. The standard InChI is InChI=1S/C21H22N4O/c1-3-14-25(15-16-8-10-17(26-2)11-9-16)21-18-6-4-5-7-19(18)23-20(24-21)12-13-22/h1,4-11H,12-15,22H2,2H3. The van der Waals surface area contributed by atoms with Crippen LogP contribution in [0.25, 0.3) is 10.9 Å². The Morgan fingerprint density at radius 2 is 1.88 bits per heavy atom. The Bertz CT molecular complexity index is 915. The van der Waals surface area contributed by atoms with E-state index in [2.05, 4.69) is 15.8 Å². The van der Waals surface area contributed by atoms with Crippen molar-refractivity contribution in [2.45, 2.75) is 13.0 Å². The summed E-state index contributed by atoms with van der Waals surface area (Å²) in [6.45, 7) is 1.61. The molecular formula is C21H22N4O. The topological polar surface area (TPSA) is 64.3 Å². The fourth-order valence-electron chi connectivity index (χ4n) is 2.86. The van der Waals surface area contributed by atoms with Gasteiger partial charge in [-0.15, -0.1) is 6.42 Å². The van der Waals surface area contributed by atoms with E-state index in [1.807, 2.05) is 48.5 Å². The normalized spacial score (nSPS) is 10.5. The summed E-state index contributed by atoms with van der Waals surface area (Å²) in [4.78, 5) is 11.5. The number of ether oxygens (including phenoxy) is 1. The van der Waals surface area contributed by atoms with Gasteiger partial charge < -0.3 is 15.4 Å². The van der Waals surface area contributed by atoms with Crippen LogP contribution in [0.1, 0.15) is 11.4 Å². The molecule has 0 amide bonds. The summed E-state index contributed by atoms with van der Waals surface area (Å²) in [5.41, 5.74) is 7.73. The highest BCUT2D eigenvalue weighted by atomic mass is 16.5. The van der Waals surface area contributed by atoms with Gasteiger partial charge in [0.1, 0.15) is 17.4 Å². The van der Waals surface area contributed by atoms with Gasteiger partial charge in [0.15, 0.2) is 0 Å². The third kappa shape index (κ3) is 3.93. The average molecular weight is 346 g/mol. The summed E-state index contributed by atoms with van der Waals surface area (Å²) >= 11 is 0. The number of hydrogen-bond acceptors (Lipinski definition) is 5. The van der Waals surface area contributed by atoms with Gasteiger partial charge in [-0.05, 0) is 36.4 Å². The average Bonchev–Trinajstić information content (AvgIpc) is 2.68. The van der Waals surface area contributed by atoms with Crippen LogP contribution in [0.5, 0.6) is 5.75 Å². The van der Waals surface area contributed by atoms with Crippen molar-refractivity contribution >= 4 is 16.7 Å². The molecule has 0 unspecified atom stereocenters. The van der Waals surface area contributed by atoms with Crippen LogP contribution in [0, 0.1) is 12.3 Å². The second-order valence-corrected chi connectivity index (χ2v) is 5.93. The zero-order valence-electron chi connectivity index (χ0n) is 14.9. The van der Waals surface area contributed by atoms with Crippen molar-refractivity contribution in [1.82, 2.24) is 9.97 Å². The van der Waals surface area contributed by atoms with E-state index in [1.165, 1.54) is 0 Å². The minimum Gasteiger partial charge on any atom is -0.497 e. The fourth-order valence-corrected chi connectivity index (χ4v) is 2.86. The number of aromatic nitrogens is 2. The maximum absolute atomic E-state index is 5.70. The predicted molar refractivity (Wildman–Crippen MR) is 105 cm³/mol. The summed E-state index contributed by atoms with van der Waals surface area (Å²) < 4.78 is 5.23. The largest absolute Gasteiger partial charge is 0.497 e. The van der Waals surface area contributed by atoms with Crippen molar-refractivity contribution in [1.29, 1.82) is 0 Å². The number of hydrogen-bond donors (Lipinski definition) is 1. The highest BCUT2D eigenvalue weighted by molar-refractivity contribution is 5.89. The highest BCUT2D eigenvalue weighted by Crippen LogP contribution is 2.25. The van der Waals surface area contributed by atoms with Gasteiger partial charge in [0.05, 0.1) is 19.2 Å². The van der Waals surface area contributed by atoms with Gasteiger partial charge in [-0.2, -0.15) is 0 Å². The molecule has 0 bridgehead atoms. The van der Waals surface area contributed by atoms with E-state index in [0.717, 1.165) is 33.9 Å². The molecule has 1 aromatic heterocycles. The molecule has 2 N–H and O–H groups in total. The first-order valence-electron chi connectivity index (χ1n) is 8.52. The van der Waals surface area contributed by atoms with Crippen molar-refractivity contribution in [3.8, 4) is 18.1 Å². The van der Waals surface area contributed by atoms with Crippen LogP contribution in [0.15, 0.2) is 48.5 Å². The molecular weight excluding hydrogens is 324 g/mol. The van der Waals surface area contributed by atoms with E-state index in [9.17, 15) is 0 Å². The SMILES string of the molecule is C#CCN(Cc1ccc(OC)cc1)c1nc(CCN)nc2ccccc12. The lowest BCUT2D eigenvalue weighted by Crippen LogP contribution is -2.25. The van der Waals surface area contributed by atoms with Gasteiger partial charge in [-0.25, -0.2) is 9.97 Å². The number of nitrogens with two attached hydrogens (primary N) is 1. The number of benzene rings is 2. The van der Waals surface area contributed by atoms with Gasteiger partial charge in [-0.1, -0.05) is 30.2 Å². The summed E-state index contributed by atoms with van der Waals surface area (Å²) in [6, 6.07) is 15.9. The Balaban J connectivity index is 2.02. The minimum atomic E-state index is 0.453.